The summed E-state index contributed by atoms with van der Waals surface area (Å²) in [6, 6.07) is 25.0. The van der Waals surface area contributed by atoms with E-state index in [1.54, 1.807) is 0 Å². The maximum Gasteiger partial charge on any atom is 0.227 e. The van der Waals surface area contributed by atoms with Crippen molar-refractivity contribution in [1.82, 2.24) is 9.55 Å². The van der Waals surface area contributed by atoms with E-state index in [9.17, 15) is 4.79 Å². The summed E-state index contributed by atoms with van der Waals surface area (Å²) in [6.07, 6.45) is 0.491. The molecule has 4 heteroatoms. The van der Waals surface area contributed by atoms with Gasteiger partial charge in [-0.15, -0.1) is 0 Å². The summed E-state index contributed by atoms with van der Waals surface area (Å²) in [5.74, 6) is 1.25. The zero-order valence-corrected chi connectivity index (χ0v) is 17.4. The number of amides is 1. The molecule has 0 saturated carbocycles. The first kappa shape index (κ1) is 18.6. The molecule has 4 aromatic rings. The lowest BCUT2D eigenvalue weighted by Gasteiger charge is -2.19. The summed E-state index contributed by atoms with van der Waals surface area (Å²) >= 11 is 0. The van der Waals surface area contributed by atoms with E-state index in [2.05, 4.69) is 79.1 Å². The molecule has 1 saturated heterocycles. The van der Waals surface area contributed by atoms with Gasteiger partial charge in [0.05, 0.1) is 11.0 Å². The summed E-state index contributed by atoms with van der Waals surface area (Å²) in [4.78, 5) is 19.9. The minimum atomic E-state index is 0.0782. The van der Waals surface area contributed by atoms with E-state index in [-0.39, 0.29) is 11.8 Å². The Balaban J connectivity index is 1.53. The van der Waals surface area contributed by atoms with Crippen molar-refractivity contribution in [2.45, 2.75) is 32.7 Å². The summed E-state index contributed by atoms with van der Waals surface area (Å²) in [5, 5.41) is 0. The molecule has 1 atom stereocenters. The molecule has 150 valence electrons. The third-order valence-corrected chi connectivity index (χ3v) is 5.88. The van der Waals surface area contributed by atoms with Crippen LogP contribution in [0.25, 0.3) is 11.0 Å². The standard InChI is InChI=1S/C26H25N3O/c1-18-12-19(2)14-22(13-18)28-17-21(15-25(28)30)26-27-23-10-6-7-11-24(23)29(26)16-20-8-4-3-5-9-20/h3-14,21H,15-17H2,1-2H3/t21-/m0/s1. The normalized spacial score (nSPS) is 16.5. The zero-order chi connectivity index (χ0) is 20.7. The van der Waals surface area contributed by atoms with Gasteiger partial charge in [0.15, 0.2) is 0 Å². The lowest BCUT2D eigenvalue weighted by atomic mass is 10.1. The Morgan fingerprint density at radius 2 is 1.63 bits per heavy atom. The molecule has 0 N–H and O–H groups in total. The topological polar surface area (TPSA) is 38.1 Å². The van der Waals surface area contributed by atoms with Crippen molar-refractivity contribution in [3.8, 4) is 0 Å². The Labute approximate surface area is 176 Å². The minimum absolute atomic E-state index is 0.0782. The molecule has 1 amide bonds. The van der Waals surface area contributed by atoms with E-state index >= 15 is 0 Å². The van der Waals surface area contributed by atoms with Gasteiger partial charge in [-0.05, 0) is 54.8 Å². The van der Waals surface area contributed by atoms with Gasteiger partial charge in [-0.25, -0.2) is 4.98 Å². The van der Waals surface area contributed by atoms with Crippen LogP contribution >= 0.6 is 0 Å². The quantitative estimate of drug-likeness (QED) is 0.475. The number of carbonyl (C=O) groups excluding carboxylic acids is 1. The molecule has 3 aromatic carbocycles. The number of para-hydroxylation sites is 2. The molecule has 0 aliphatic carbocycles. The number of fused-ring (bicyclic) bond motifs is 1. The van der Waals surface area contributed by atoms with Gasteiger partial charge in [0, 0.05) is 31.1 Å². The summed E-state index contributed by atoms with van der Waals surface area (Å²) < 4.78 is 2.29. The molecule has 1 aromatic heterocycles. The number of hydrogen-bond donors (Lipinski definition) is 0. The number of rotatable bonds is 4. The van der Waals surface area contributed by atoms with Crippen LogP contribution in [0.5, 0.6) is 0 Å². The highest BCUT2D eigenvalue weighted by Crippen LogP contribution is 2.34. The molecule has 5 rings (SSSR count). The van der Waals surface area contributed by atoms with Crippen LogP contribution in [-0.4, -0.2) is 22.0 Å². The van der Waals surface area contributed by atoms with E-state index in [0.29, 0.717) is 13.0 Å². The van der Waals surface area contributed by atoms with Gasteiger partial charge in [0.1, 0.15) is 5.82 Å². The molecule has 0 unspecified atom stereocenters. The van der Waals surface area contributed by atoms with Crippen LogP contribution in [0.2, 0.25) is 0 Å². The highest BCUT2D eigenvalue weighted by Gasteiger charge is 2.35. The van der Waals surface area contributed by atoms with Gasteiger partial charge in [-0.1, -0.05) is 48.5 Å². The number of hydrogen-bond acceptors (Lipinski definition) is 2. The van der Waals surface area contributed by atoms with Crippen LogP contribution < -0.4 is 4.90 Å². The predicted octanol–water partition coefficient (Wildman–Crippen LogP) is 5.22. The molecule has 1 aliphatic heterocycles. The van der Waals surface area contributed by atoms with Gasteiger partial charge in [0.2, 0.25) is 5.91 Å². The van der Waals surface area contributed by atoms with Gasteiger partial charge in [-0.2, -0.15) is 0 Å². The molecule has 1 fully saturated rings. The SMILES string of the molecule is Cc1cc(C)cc(N2C[C@@H](c3nc4ccccc4n3Cc3ccccc3)CC2=O)c1. The van der Waals surface area contributed by atoms with E-state index in [1.807, 2.05) is 17.0 Å². The lowest BCUT2D eigenvalue weighted by molar-refractivity contribution is -0.117. The fourth-order valence-electron chi connectivity index (χ4n) is 4.57. The number of benzene rings is 3. The van der Waals surface area contributed by atoms with Crippen LogP contribution in [-0.2, 0) is 11.3 Å². The van der Waals surface area contributed by atoms with E-state index in [0.717, 1.165) is 29.1 Å². The van der Waals surface area contributed by atoms with Gasteiger partial charge in [0.25, 0.3) is 0 Å². The second-order valence-corrected chi connectivity index (χ2v) is 8.28. The Kier molecular flexibility index (Phi) is 4.62. The van der Waals surface area contributed by atoms with E-state index in [1.165, 1.54) is 16.7 Å². The minimum Gasteiger partial charge on any atom is -0.323 e. The maximum absolute atomic E-state index is 13.0. The fraction of sp³-hybridized carbons (Fsp3) is 0.231. The molecular weight excluding hydrogens is 370 g/mol. The average molecular weight is 396 g/mol. The van der Waals surface area contributed by atoms with Crippen molar-refractivity contribution in [3.05, 3.63) is 95.3 Å². The smallest absolute Gasteiger partial charge is 0.227 e. The zero-order valence-electron chi connectivity index (χ0n) is 17.4. The Hall–Kier alpha value is -3.40. The van der Waals surface area contributed by atoms with E-state index < -0.39 is 0 Å². The second kappa shape index (κ2) is 7.45. The third-order valence-electron chi connectivity index (χ3n) is 5.88. The van der Waals surface area contributed by atoms with Crippen molar-refractivity contribution in [1.29, 1.82) is 0 Å². The first-order valence-corrected chi connectivity index (χ1v) is 10.5. The molecule has 0 radical (unpaired) electrons. The number of nitrogens with zero attached hydrogens (tertiary/aromatic N) is 3. The Bertz CT molecular complexity index is 1210. The Morgan fingerprint density at radius 3 is 2.40 bits per heavy atom. The molecular formula is C26H25N3O. The number of aryl methyl sites for hydroxylation is 2. The Morgan fingerprint density at radius 1 is 0.933 bits per heavy atom. The van der Waals surface area contributed by atoms with Gasteiger partial charge < -0.3 is 9.47 Å². The van der Waals surface area contributed by atoms with Crippen molar-refractivity contribution in [2.24, 2.45) is 0 Å². The van der Waals surface area contributed by atoms with Crippen LogP contribution in [0.1, 0.15) is 34.9 Å². The van der Waals surface area contributed by atoms with E-state index in [4.69, 9.17) is 4.98 Å². The highest BCUT2D eigenvalue weighted by atomic mass is 16.2. The highest BCUT2D eigenvalue weighted by molar-refractivity contribution is 5.96. The maximum atomic E-state index is 13.0. The molecule has 0 spiro atoms. The van der Waals surface area contributed by atoms with Crippen molar-refractivity contribution in [3.63, 3.8) is 0 Å². The summed E-state index contributed by atoms with van der Waals surface area (Å²) in [7, 11) is 0. The number of anilines is 1. The van der Waals surface area contributed by atoms with Crippen LogP contribution in [0.15, 0.2) is 72.8 Å². The fourth-order valence-corrected chi connectivity index (χ4v) is 4.57. The molecule has 2 heterocycles. The van der Waals surface area contributed by atoms with Crippen molar-refractivity contribution in [2.75, 3.05) is 11.4 Å². The summed E-state index contributed by atoms with van der Waals surface area (Å²) in [5.41, 5.74) is 6.69. The predicted molar refractivity (Wildman–Crippen MR) is 121 cm³/mol. The van der Waals surface area contributed by atoms with Gasteiger partial charge in [-0.3, -0.25) is 4.79 Å². The van der Waals surface area contributed by atoms with Crippen LogP contribution in [0.4, 0.5) is 5.69 Å². The second-order valence-electron chi connectivity index (χ2n) is 8.28. The monoisotopic (exact) mass is 395 g/mol. The molecule has 0 bridgehead atoms. The van der Waals surface area contributed by atoms with Crippen LogP contribution in [0.3, 0.4) is 0 Å². The molecule has 1 aliphatic rings. The summed E-state index contributed by atoms with van der Waals surface area (Å²) in [6.45, 7) is 5.58. The number of imidazole rings is 1. The molecule has 4 nitrogen and oxygen atoms in total. The average Bonchev–Trinajstić information content (AvgIpc) is 3.29. The third kappa shape index (κ3) is 3.39. The van der Waals surface area contributed by atoms with Crippen molar-refractivity contribution >= 4 is 22.6 Å². The lowest BCUT2D eigenvalue weighted by Crippen LogP contribution is -2.24. The number of aromatic nitrogens is 2. The van der Waals surface area contributed by atoms with Crippen LogP contribution in [0, 0.1) is 13.8 Å². The largest absolute Gasteiger partial charge is 0.323 e. The first-order valence-electron chi connectivity index (χ1n) is 10.5. The first-order chi connectivity index (χ1) is 14.6. The van der Waals surface area contributed by atoms with Crippen molar-refractivity contribution < 1.29 is 4.79 Å². The molecule has 30 heavy (non-hydrogen) atoms. The van der Waals surface area contributed by atoms with Gasteiger partial charge >= 0.3 is 0 Å². The number of carbonyl (C=O) groups is 1.